The predicted octanol–water partition coefficient (Wildman–Crippen LogP) is 3.17. The van der Waals surface area contributed by atoms with Gasteiger partial charge in [0.25, 0.3) is 0 Å². The van der Waals surface area contributed by atoms with Gasteiger partial charge in [-0.25, -0.2) is 13.8 Å². The third-order valence-corrected chi connectivity index (χ3v) is 3.70. The van der Waals surface area contributed by atoms with Crippen molar-refractivity contribution in [2.45, 2.75) is 25.2 Å². The van der Waals surface area contributed by atoms with E-state index in [0.717, 1.165) is 5.56 Å². The van der Waals surface area contributed by atoms with Crippen LogP contribution < -0.4 is 15.4 Å². The summed E-state index contributed by atoms with van der Waals surface area (Å²) in [6, 6.07) is 8.55. The van der Waals surface area contributed by atoms with Crippen LogP contribution in [0.2, 0.25) is 0 Å². The Kier molecular flexibility index (Phi) is 8.71. The summed E-state index contributed by atoms with van der Waals surface area (Å²) >= 11 is 0. The minimum absolute atomic E-state index is 0. The Morgan fingerprint density at radius 3 is 2.65 bits per heavy atom. The Hall–Kier alpha value is -1.96. The van der Waals surface area contributed by atoms with E-state index in [1.165, 1.54) is 24.3 Å². The normalized spacial score (nSPS) is 18.4. The van der Waals surface area contributed by atoms with Crippen LogP contribution in [0.25, 0.3) is 0 Å². The molecular weight excluding hydrogens is 387 g/mol. The third-order valence-electron chi connectivity index (χ3n) is 3.70. The van der Waals surface area contributed by atoms with Crippen molar-refractivity contribution in [3.8, 4) is 11.6 Å². The number of benzene rings is 1. The van der Waals surface area contributed by atoms with Gasteiger partial charge in [-0.15, -0.1) is 24.8 Å². The SMILES string of the molecule is Cl.Cl.O=C(NCc1ccnc(Oc2ccc(F)cc2)c1)[C@H]1C[C@H](F)CN1. The Balaban J connectivity index is 0.00000169. The number of carbonyl (C=O) groups is 1. The summed E-state index contributed by atoms with van der Waals surface area (Å²) in [6.07, 6.45) is 0.782. The van der Waals surface area contributed by atoms with E-state index in [1.807, 2.05) is 0 Å². The molecular formula is C17H19Cl2F2N3O2. The number of alkyl halides is 1. The van der Waals surface area contributed by atoms with Crippen LogP contribution in [0, 0.1) is 5.82 Å². The summed E-state index contributed by atoms with van der Waals surface area (Å²) in [5, 5.41) is 5.60. The number of hydrogen-bond acceptors (Lipinski definition) is 4. The average Bonchev–Trinajstić information content (AvgIpc) is 3.02. The fourth-order valence-corrected chi connectivity index (χ4v) is 2.44. The zero-order valence-electron chi connectivity index (χ0n) is 13.7. The smallest absolute Gasteiger partial charge is 0.237 e. The quantitative estimate of drug-likeness (QED) is 0.801. The van der Waals surface area contributed by atoms with Gasteiger partial charge in [0.05, 0.1) is 6.04 Å². The molecule has 2 atom stereocenters. The summed E-state index contributed by atoms with van der Waals surface area (Å²) in [4.78, 5) is 16.0. The van der Waals surface area contributed by atoms with Crippen LogP contribution in [0.5, 0.6) is 11.6 Å². The number of amides is 1. The lowest BCUT2D eigenvalue weighted by molar-refractivity contribution is -0.123. The first kappa shape index (κ1) is 22.1. The van der Waals surface area contributed by atoms with Crippen LogP contribution in [-0.2, 0) is 11.3 Å². The number of rotatable bonds is 5. The summed E-state index contributed by atoms with van der Waals surface area (Å²) < 4.78 is 31.5. The Morgan fingerprint density at radius 1 is 1.27 bits per heavy atom. The number of carbonyl (C=O) groups excluding carboxylic acids is 1. The molecule has 1 amide bonds. The number of ether oxygens (including phenoxy) is 1. The molecule has 3 rings (SSSR count). The molecule has 26 heavy (non-hydrogen) atoms. The van der Waals surface area contributed by atoms with E-state index < -0.39 is 12.2 Å². The molecule has 142 valence electrons. The third kappa shape index (κ3) is 6.09. The minimum Gasteiger partial charge on any atom is -0.439 e. The van der Waals surface area contributed by atoms with E-state index in [9.17, 15) is 13.6 Å². The molecule has 2 N–H and O–H groups in total. The largest absolute Gasteiger partial charge is 0.439 e. The zero-order chi connectivity index (χ0) is 16.9. The van der Waals surface area contributed by atoms with Crippen LogP contribution in [0.4, 0.5) is 8.78 Å². The van der Waals surface area contributed by atoms with Crippen LogP contribution in [-0.4, -0.2) is 29.6 Å². The topological polar surface area (TPSA) is 63.2 Å². The highest BCUT2D eigenvalue weighted by molar-refractivity contribution is 5.85. The van der Waals surface area contributed by atoms with Crippen molar-refractivity contribution in [2.75, 3.05) is 6.54 Å². The van der Waals surface area contributed by atoms with Crippen LogP contribution in [0.1, 0.15) is 12.0 Å². The molecule has 0 radical (unpaired) electrons. The zero-order valence-corrected chi connectivity index (χ0v) is 15.3. The van der Waals surface area contributed by atoms with Crippen LogP contribution >= 0.6 is 24.8 Å². The number of nitrogens with zero attached hydrogens (tertiary/aromatic N) is 1. The first-order valence-corrected chi connectivity index (χ1v) is 7.63. The second-order valence-electron chi connectivity index (χ2n) is 5.57. The van der Waals surface area contributed by atoms with Gasteiger partial charge in [-0.05, 0) is 35.9 Å². The lowest BCUT2D eigenvalue weighted by Gasteiger charge is -2.11. The maximum Gasteiger partial charge on any atom is 0.237 e. The van der Waals surface area contributed by atoms with Crippen molar-refractivity contribution in [3.05, 3.63) is 54.0 Å². The van der Waals surface area contributed by atoms with E-state index >= 15 is 0 Å². The lowest BCUT2D eigenvalue weighted by atomic mass is 10.2. The monoisotopic (exact) mass is 405 g/mol. The number of hydrogen-bond donors (Lipinski definition) is 2. The van der Waals surface area contributed by atoms with Crippen molar-refractivity contribution >= 4 is 30.7 Å². The molecule has 1 aromatic heterocycles. The summed E-state index contributed by atoms with van der Waals surface area (Å²) in [5.74, 6) is 0.237. The number of nitrogens with one attached hydrogen (secondary N) is 2. The number of halogens is 4. The van der Waals surface area contributed by atoms with E-state index in [-0.39, 0.29) is 56.0 Å². The van der Waals surface area contributed by atoms with Crippen molar-refractivity contribution < 1.29 is 18.3 Å². The average molecular weight is 406 g/mol. The molecule has 1 aliphatic heterocycles. The molecule has 1 fully saturated rings. The van der Waals surface area contributed by atoms with Gasteiger partial charge in [0.2, 0.25) is 11.8 Å². The van der Waals surface area contributed by atoms with Gasteiger partial charge < -0.3 is 15.4 Å². The van der Waals surface area contributed by atoms with E-state index in [2.05, 4.69) is 15.6 Å². The maximum atomic E-state index is 13.1. The summed E-state index contributed by atoms with van der Waals surface area (Å²) in [7, 11) is 0. The Bertz CT molecular complexity index is 719. The van der Waals surface area contributed by atoms with E-state index in [1.54, 1.807) is 18.3 Å². The molecule has 2 heterocycles. The first-order valence-electron chi connectivity index (χ1n) is 7.63. The van der Waals surface area contributed by atoms with Gasteiger partial charge >= 0.3 is 0 Å². The van der Waals surface area contributed by atoms with E-state index in [0.29, 0.717) is 11.6 Å². The van der Waals surface area contributed by atoms with Crippen LogP contribution in [0.3, 0.4) is 0 Å². The molecule has 0 unspecified atom stereocenters. The van der Waals surface area contributed by atoms with Crippen molar-refractivity contribution in [1.82, 2.24) is 15.6 Å². The van der Waals surface area contributed by atoms with Gasteiger partial charge in [0.15, 0.2) is 0 Å². The molecule has 1 aromatic carbocycles. The van der Waals surface area contributed by atoms with Gasteiger partial charge in [0, 0.05) is 31.8 Å². The highest BCUT2D eigenvalue weighted by atomic mass is 35.5. The second kappa shape index (κ2) is 10.3. The molecule has 1 saturated heterocycles. The maximum absolute atomic E-state index is 13.1. The molecule has 0 bridgehead atoms. The van der Waals surface area contributed by atoms with Crippen molar-refractivity contribution in [1.29, 1.82) is 0 Å². The molecule has 0 aliphatic carbocycles. The molecule has 2 aromatic rings. The highest BCUT2D eigenvalue weighted by Crippen LogP contribution is 2.20. The fourth-order valence-electron chi connectivity index (χ4n) is 2.44. The van der Waals surface area contributed by atoms with Gasteiger partial charge in [-0.1, -0.05) is 0 Å². The number of pyridine rings is 1. The van der Waals surface area contributed by atoms with Gasteiger partial charge in [-0.3, -0.25) is 4.79 Å². The van der Waals surface area contributed by atoms with Crippen molar-refractivity contribution in [2.24, 2.45) is 0 Å². The van der Waals surface area contributed by atoms with Gasteiger partial charge in [0.1, 0.15) is 17.7 Å². The highest BCUT2D eigenvalue weighted by Gasteiger charge is 2.28. The first-order chi connectivity index (χ1) is 11.6. The molecule has 0 spiro atoms. The lowest BCUT2D eigenvalue weighted by Crippen LogP contribution is -2.40. The minimum atomic E-state index is -0.975. The summed E-state index contributed by atoms with van der Waals surface area (Å²) in [5.41, 5.74) is 0.797. The van der Waals surface area contributed by atoms with Crippen molar-refractivity contribution in [3.63, 3.8) is 0 Å². The number of aromatic nitrogens is 1. The molecule has 9 heteroatoms. The van der Waals surface area contributed by atoms with E-state index in [4.69, 9.17) is 4.74 Å². The molecule has 5 nitrogen and oxygen atoms in total. The molecule has 0 saturated carbocycles. The fraction of sp³-hybridized carbons (Fsp3) is 0.294. The second-order valence-corrected chi connectivity index (χ2v) is 5.57. The summed E-state index contributed by atoms with van der Waals surface area (Å²) in [6.45, 7) is 0.499. The Morgan fingerprint density at radius 2 is 2.00 bits per heavy atom. The van der Waals surface area contributed by atoms with Gasteiger partial charge in [-0.2, -0.15) is 0 Å². The standard InChI is InChI=1S/C17H17F2N3O2.2ClH/c18-12-1-3-14(4-2-12)24-16-7-11(5-6-20-16)9-22-17(23)15-8-13(19)10-21-15;;/h1-7,13,15,21H,8-10H2,(H,22,23);2*1H/t13-,15+;;/m0../s1. The predicted molar refractivity (Wildman–Crippen MR) is 98.4 cm³/mol. The molecule has 1 aliphatic rings. The Labute approximate surface area is 162 Å². The van der Waals surface area contributed by atoms with Crippen LogP contribution in [0.15, 0.2) is 42.6 Å².